The Morgan fingerprint density at radius 1 is 1.12 bits per heavy atom. The minimum Gasteiger partial charge on any atom is -0.494 e. The van der Waals surface area contributed by atoms with Gasteiger partial charge in [0.15, 0.2) is 5.69 Å². The van der Waals surface area contributed by atoms with Gasteiger partial charge in [-0.15, -0.1) is 0 Å². The largest absolute Gasteiger partial charge is 0.494 e. The van der Waals surface area contributed by atoms with Gasteiger partial charge in [0.25, 0.3) is 5.91 Å². The van der Waals surface area contributed by atoms with Gasteiger partial charge in [-0.25, -0.2) is 8.78 Å². The summed E-state index contributed by atoms with van der Waals surface area (Å²) in [6.07, 6.45) is 1.62. The fourth-order valence-electron chi connectivity index (χ4n) is 2.47. The van der Waals surface area contributed by atoms with Gasteiger partial charge < -0.3 is 10.1 Å². The molecule has 1 aromatic heterocycles. The maximum absolute atomic E-state index is 13.6. The molecule has 0 unspecified atom stereocenters. The summed E-state index contributed by atoms with van der Waals surface area (Å²) < 4.78 is 34.4. The van der Waals surface area contributed by atoms with Gasteiger partial charge in [0.05, 0.1) is 13.2 Å². The third-order valence-electron chi connectivity index (χ3n) is 3.68. The van der Waals surface area contributed by atoms with Crippen LogP contribution in [0.4, 0.5) is 14.5 Å². The van der Waals surface area contributed by atoms with Crippen molar-refractivity contribution in [2.24, 2.45) is 0 Å². The zero-order valence-electron chi connectivity index (χ0n) is 14.1. The standard InChI is InChI=1S/C19H17F2N3O2/c1-2-26-17-9-4-3-6-13(17)12-24-11-10-16(23-24)19(25)22-18-14(20)7-5-8-15(18)21/h3-11H,2,12H2,1H3,(H,22,25). The van der Waals surface area contributed by atoms with E-state index in [2.05, 4.69) is 10.4 Å². The van der Waals surface area contributed by atoms with Crippen molar-refractivity contribution in [1.29, 1.82) is 0 Å². The van der Waals surface area contributed by atoms with Gasteiger partial charge in [0, 0.05) is 11.8 Å². The molecular weight excluding hydrogens is 340 g/mol. The van der Waals surface area contributed by atoms with Crippen molar-refractivity contribution < 1.29 is 18.3 Å². The van der Waals surface area contributed by atoms with Crippen molar-refractivity contribution in [1.82, 2.24) is 9.78 Å². The Morgan fingerprint density at radius 2 is 1.85 bits per heavy atom. The Hall–Kier alpha value is -3.22. The number of rotatable bonds is 6. The summed E-state index contributed by atoms with van der Waals surface area (Å²) in [5.41, 5.74) is 0.472. The number of hydrogen-bond donors (Lipinski definition) is 1. The lowest BCUT2D eigenvalue weighted by molar-refractivity contribution is 0.102. The van der Waals surface area contributed by atoms with Crippen LogP contribution in [-0.2, 0) is 6.54 Å². The summed E-state index contributed by atoms with van der Waals surface area (Å²) in [4.78, 5) is 12.2. The fraction of sp³-hybridized carbons (Fsp3) is 0.158. The molecular formula is C19H17F2N3O2. The van der Waals surface area contributed by atoms with E-state index >= 15 is 0 Å². The van der Waals surface area contributed by atoms with Crippen LogP contribution < -0.4 is 10.1 Å². The average molecular weight is 357 g/mol. The van der Waals surface area contributed by atoms with E-state index in [9.17, 15) is 13.6 Å². The molecule has 0 bridgehead atoms. The van der Waals surface area contributed by atoms with E-state index < -0.39 is 23.2 Å². The Balaban J connectivity index is 1.75. The predicted octanol–water partition coefficient (Wildman–Crippen LogP) is 3.86. The highest BCUT2D eigenvalue weighted by Crippen LogP contribution is 2.20. The molecule has 0 radical (unpaired) electrons. The topological polar surface area (TPSA) is 56.1 Å². The Morgan fingerprint density at radius 3 is 2.58 bits per heavy atom. The van der Waals surface area contributed by atoms with Crippen molar-refractivity contribution in [3.8, 4) is 5.75 Å². The van der Waals surface area contributed by atoms with Crippen molar-refractivity contribution >= 4 is 11.6 Å². The van der Waals surface area contributed by atoms with Crippen LogP contribution in [0, 0.1) is 11.6 Å². The Bertz CT molecular complexity index is 904. The molecule has 1 amide bonds. The van der Waals surface area contributed by atoms with E-state index in [0.717, 1.165) is 23.4 Å². The summed E-state index contributed by atoms with van der Waals surface area (Å²) in [6.45, 7) is 2.84. The van der Waals surface area contributed by atoms with Gasteiger partial charge in [0.1, 0.15) is 23.1 Å². The molecule has 1 N–H and O–H groups in total. The zero-order valence-corrected chi connectivity index (χ0v) is 14.1. The zero-order chi connectivity index (χ0) is 18.5. The Kier molecular flexibility index (Phi) is 5.26. The number of para-hydroxylation sites is 2. The van der Waals surface area contributed by atoms with Gasteiger partial charge in [-0.1, -0.05) is 24.3 Å². The molecule has 3 aromatic rings. The third-order valence-corrected chi connectivity index (χ3v) is 3.68. The van der Waals surface area contributed by atoms with Crippen LogP contribution in [0.15, 0.2) is 54.7 Å². The molecule has 5 nitrogen and oxygen atoms in total. The molecule has 0 aliphatic heterocycles. The molecule has 0 saturated heterocycles. The second-order valence-electron chi connectivity index (χ2n) is 5.49. The van der Waals surface area contributed by atoms with Crippen molar-refractivity contribution in [2.45, 2.75) is 13.5 Å². The fourth-order valence-corrected chi connectivity index (χ4v) is 2.47. The highest BCUT2D eigenvalue weighted by atomic mass is 19.1. The van der Waals surface area contributed by atoms with Crippen LogP contribution >= 0.6 is 0 Å². The molecule has 0 aliphatic rings. The summed E-state index contributed by atoms with van der Waals surface area (Å²) >= 11 is 0. The number of carbonyl (C=O) groups is 1. The molecule has 2 aromatic carbocycles. The normalized spacial score (nSPS) is 10.6. The number of anilines is 1. The number of aromatic nitrogens is 2. The molecule has 0 fully saturated rings. The van der Waals surface area contributed by atoms with E-state index in [1.807, 2.05) is 31.2 Å². The number of nitrogens with zero attached hydrogens (tertiary/aromatic N) is 2. The average Bonchev–Trinajstić information content (AvgIpc) is 3.09. The van der Waals surface area contributed by atoms with Crippen LogP contribution in [0.5, 0.6) is 5.75 Å². The first-order chi connectivity index (χ1) is 12.6. The van der Waals surface area contributed by atoms with Crippen molar-refractivity contribution in [3.05, 3.63) is 77.6 Å². The second kappa shape index (κ2) is 7.77. The minimum absolute atomic E-state index is 0.0570. The summed E-state index contributed by atoms with van der Waals surface area (Å²) in [5, 5.41) is 6.38. The Labute approximate surface area is 149 Å². The van der Waals surface area contributed by atoms with Gasteiger partial charge in [-0.3, -0.25) is 9.48 Å². The van der Waals surface area contributed by atoms with E-state index in [4.69, 9.17) is 4.74 Å². The van der Waals surface area contributed by atoms with E-state index in [0.29, 0.717) is 13.2 Å². The van der Waals surface area contributed by atoms with Crippen LogP contribution in [0.25, 0.3) is 0 Å². The van der Waals surface area contributed by atoms with E-state index in [1.54, 1.807) is 10.9 Å². The summed E-state index contributed by atoms with van der Waals surface area (Å²) in [5.74, 6) is -1.64. The number of amides is 1. The number of carbonyl (C=O) groups excluding carboxylic acids is 1. The highest BCUT2D eigenvalue weighted by molar-refractivity contribution is 6.02. The van der Waals surface area contributed by atoms with Crippen LogP contribution in [-0.4, -0.2) is 22.3 Å². The number of benzene rings is 2. The molecule has 0 saturated carbocycles. The first kappa shape index (κ1) is 17.6. The van der Waals surface area contributed by atoms with Crippen LogP contribution in [0.3, 0.4) is 0 Å². The second-order valence-corrected chi connectivity index (χ2v) is 5.49. The number of hydrogen-bond acceptors (Lipinski definition) is 3. The SMILES string of the molecule is CCOc1ccccc1Cn1ccc(C(=O)Nc2c(F)cccc2F)n1. The lowest BCUT2D eigenvalue weighted by Crippen LogP contribution is -2.15. The number of halogens is 2. The van der Waals surface area contributed by atoms with Gasteiger partial charge in [-0.2, -0.15) is 5.10 Å². The number of ether oxygens (including phenoxy) is 1. The van der Waals surface area contributed by atoms with E-state index in [-0.39, 0.29) is 5.69 Å². The molecule has 0 atom stereocenters. The molecule has 0 aliphatic carbocycles. The van der Waals surface area contributed by atoms with Gasteiger partial charge in [0.2, 0.25) is 0 Å². The quantitative estimate of drug-likeness (QED) is 0.729. The van der Waals surface area contributed by atoms with Crippen molar-refractivity contribution in [3.63, 3.8) is 0 Å². The molecule has 7 heteroatoms. The lowest BCUT2D eigenvalue weighted by atomic mass is 10.2. The molecule has 26 heavy (non-hydrogen) atoms. The molecule has 3 rings (SSSR count). The summed E-state index contributed by atoms with van der Waals surface area (Å²) in [6, 6.07) is 12.4. The van der Waals surface area contributed by atoms with Crippen molar-refractivity contribution in [2.75, 3.05) is 11.9 Å². The van der Waals surface area contributed by atoms with Gasteiger partial charge in [-0.05, 0) is 31.2 Å². The third kappa shape index (κ3) is 3.88. The first-order valence-corrected chi connectivity index (χ1v) is 8.08. The molecule has 0 spiro atoms. The van der Waals surface area contributed by atoms with E-state index in [1.165, 1.54) is 12.1 Å². The summed E-state index contributed by atoms with van der Waals surface area (Å²) in [7, 11) is 0. The van der Waals surface area contributed by atoms with Crippen LogP contribution in [0.1, 0.15) is 23.0 Å². The molecule has 134 valence electrons. The molecule has 1 heterocycles. The lowest BCUT2D eigenvalue weighted by Gasteiger charge is -2.10. The minimum atomic E-state index is -0.844. The predicted molar refractivity (Wildman–Crippen MR) is 93.3 cm³/mol. The highest BCUT2D eigenvalue weighted by Gasteiger charge is 2.15. The first-order valence-electron chi connectivity index (χ1n) is 8.08. The van der Waals surface area contributed by atoms with Crippen LogP contribution in [0.2, 0.25) is 0 Å². The number of nitrogens with one attached hydrogen (secondary N) is 1. The maximum Gasteiger partial charge on any atom is 0.276 e. The van der Waals surface area contributed by atoms with Gasteiger partial charge >= 0.3 is 0 Å². The maximum atomic E-state index is 13.6. The smallest absolute Gasteiger partial charge is 0.276 e. The monoisotopic (exact) mass is 357 g/mol.